The van der Waals surface area contributed by atoms with Crippen molar-refractivity contribution in [2.24, 2.45) is 0 Å². The quantitative estimate of drug-likeness (QED) is 0.831. The third kappa shape index (κ3) is 4.99. The lowest BCUT2D eigenvalue weighted by molar-refractivity contribution is -0.130. The Kier molecular flexibility index (Phi) is 5.94. The molecular weight excluding hydrogens is 312 g/mol. The predicted octanol–water partition coefficient (Wildman–Crippen LogP) is 4.68. The zero-order valence-electron chi connectivity index (χ0n) is 14.8. The van der Waals surface area contributed by atoms with Gasteiger partial charge in [0, 0.05) is 18.8 Å². The molecule has 0 atom stereocenters. The van der Waals surface area contributed by atoms with Gasteiger partial charge in [0.05, 0.1) is 6.54 Å². The lowest BCUT2D eigenvalue weighted by atomic mass is 9.94. The Morgan fingerprint density at radius 1 is 1.00 bits per heavy atom. The Balaban J connectivity index is 1.48. The van der Waals surface area contributed by atoms with E-state index in [-0.39, 0.29) is 5.91 Å². The van der Waals surface area contributed by atoms with Crippen LogP contribution < -0.4 is 10.1 Å². The predicted molar refractivity (Wildman–Crippen MR) is 101 cm³/mol. The van der Waals surface area contributed by atoms with Crippen LogP contribution in [-0.2, 0) is 4.79 Å². The van der Waals surface area contributed by atoms with Crippen LogP contribution in [0.4, 0.5) is 5.69 Å². The first kappa shape index (κ1) is 17.3. The highest BCUT2D eigenvalue weighted by atomic mass is 16.5. The monoisotopic (exact) mass is 338 g/mol. The summed E-state index contributed by atoms with van der Waals surface area (Å²) in [4.78, 5) is 14.3. The van der Waals surface area contributed by atoms with Gasteiger partial charge in [0.1, 0.15) is 11.5 Å². The maximum atomic E-state index is 12.4. The van der Waals surface area contributed by atoms with E-state index in [1.807, 2.05) is 66.5 Å². The molecule has 0 bridgehead atoms. The van der Waals surface area contributed by atoms with Gasteiger partial charge in [-0.1, -0.05) is 37.5 Å². The van der Waals surface area contributed by atoms with Crippen molar-refractivity contribution < 1.29 is 9.53 Å². The van der Waals surface area contributed by atoms with Gasteiger partial charge in [-0.25, -0.2) is 0 Å². The molecule has 0 spiro atoms. The number of ether oxygens (including phenoxy) is 1. The van der Waals surface area contributed by atoms with Gasteiger partial charge in [-0.2, -0.15) is 0 Å². The fourth-order valence-corrected chi connectivity index (χ4v) is 3.24. The third-order valence-electron chi connectivity index (χ3n) is 4.79. The van der Waals surface area contributed by atoms with Gasteiger partial charge in [-0.3, -0.25) is 4.79 Å². The van der Waals surface area contributed by atoms with Gasteiger partial charge in [0.25, 0.3) is 0 Å². The maximum Gasteiger partial charge on any atom is 0.241 e. The molecule has 1 aliphatic rings. The summed E-state index contributed by atoms with van der Waals surface area (Å²) in [6.07, 6.45) is 6.03. The molecule has 0 unspecified atom stereocenters. The summed E-state index contributed by atoms with van der Waals surface area (Å²) in [7, 11) is 1.93. The first-order valence-corrected chi connectivity index (χ1v) is 9.05. The lowest BCUT2D eigenvalue weighted by Crippen LogP contribution is -2.41. The minimum absolute atomic E-state index is 0.150. The van der Waals surface area contributed by atoms with Crippen molar-refractivity contribution in [2.45, 2.75) is 38.1 Å². The van der Waals surface area contributed by atoms with E-state index in [2.05, 4.69) is 5.32 Å². The normalized spacial score (nSPS) is 14.8. The van der Waals surface area contributed by atoms with E-state index >= 15 is 0 Å². The molecule has 0 radical (unpaired) electrons. The standard InChI is InChI=1S/C21H26N2O2/c1-23(18-8-4-2-5-9-18)21(24)16-22-17-12-14-20(15-13-17)25-19-10-6-3-7-11-19/h3,6-7,10-15,18,22H,2,4-5,8-9,16H2,1H3. The maximum absolute atomic E-state index is 12.4. The van der Waals surface area contributed by atoms with Crippen molar-refractivity contribution in [3.8, 4) is 11.5 Å². The minimum Gasteiger partial charge on any atom is -0.457 e. The molecule has 1 N–H and O–H groups in total. The second-order valence-corrected chi connectivity index (χ2v) is 6.59. The number of amides is 1. The molecule has 3 rings (SSSR count). The molecule has 2 aromatic carbocycles. The van der Waals surface area contributed by atoms with Gasteiger partial charge in [0.15, 0.2) is 0 Å². The second-order valence-electron chi connectivity index (χ2n) is 6.59. The summed E-state index contributed by atoms with van der Waals surface area (Å²) in [5.41, 5.74) is 0.922. The smallest absolute Gasteiger partial charge is 0.241 e. The Hall–Kier alpha value is -2.49. The van der Waals surface area contributed by atoms with E-state index < -0.39 is 0 Å². The van der Waals surface area contributed by atoms with Crippen LogP contribution in [0.2, 0.25) is 0 Å². The number of benzene rings is 2. The first-order chi connectivity index (χ1) is 12.2. The fourth-order valence-electron chi connectivity index (χ4n) is 3.24. The first-order valence-electron chi connectivity index (χ1n) is 9.05. The largest absolute Gasteiger partial charge is 0.457 e. The molecule has 1 aliphatic carbocycles. The van der Waals surface area contributed by atoms with Gasteiger partial charge in [-0.15, -0.1) is 0 Å². The van der Waals surface area contributed by atoms with Gasteiger partial charge >= 0.3 is 0 Å². The van der Waals surface area contributed by atoms with Gasteiger partial charge in [0.2, 0.25) is 5.91 Å². The average Bonchev–Trinajstić information content (AvgIpc) is 2.68. The number of nitrogens with one attached hydrogen (secondary N) is 1. The van der Waals surface area contributed by atoms with Crippen molar-refractivity contribution in [1.82, 2.24) is 4.90 Å². The number of anilines is 1. The van der Waals surface area contributed by atoms with E-state index in [0.717, 1.165) is 30.0 Å². The number of carbonyl (C=O) groups excluding carboxylic acids is 1. The van der Waals surface area contributed by atoms with Crippen LogP contribution >= 0.6 is 0 Å². The average molecular weight is 338 g/mol. The molecule has 2 aromatic rings. The van der Waals surface area contributed by atoms with Gasteiger partial charge in [-0.05, 0) is 49.2 Å². The van der Waals surface area contributed by atoms with Crippen molar-refractivity contribution in [1.29, 1.82) is 0 Å². The molecule has 0 aromatic heterocycles. The molecule has 132 valence electrons. The van der Waals surface area contributed by atoms with Crippen LogP contribution in [0.25, 0.3) is 0 Å². The van der Waals surface area contributed by atoms with E-state index in [1.54, 1.807) is 0 Å². The number of para-hydroxylation sites is 1. The second kappa shape index (κ2) is 8.56. The third-order valence-corrected chi connectivity index (χ3v) is 4.79. The van der Waals surface area contributed by atoms with Crippen molar-refractivity contribution in [2.75, 3.05) is 18.9 Å². The molecule has 4 heteroatoms. The zero-order valence-corrected chi connectivity index (χ0v) is 14.8. The molecule has 0 heterocycles. The lowest BCUT2D eigenvalue weighted by Gasteiger charge is -2.31. The number of nitrogens with zero attached hydrogens (tertiary/aromatic N) is 1. The molecule has 0 aliphatic heterocycles. The molecule has 1 saturated carbocycles. The van der Waals surface area contributed by atoms with Crippen molar-refractivity contribution in [3.63, 3.8) is 0 Å². The molecule has 0 saturated heterocycles. The Labute approximate surface area is 149 Å². The summed E-state index contributed by atoms with van der Waals surface area (Å²) < 4.78 is 5.77. The topological polar surface area (TPSA) is 41.6 Å². The molecule has 25 heavy (non-hydrogen) atoms. The molecule has 4 nitrogen and oxygen atoms in total. The van der Waals surface area contributed by atoms with E-state index in [4.69, 9.17) is 4.74 Å². The molecular formula is C21H26N2O2. The van der Waals surface area contributed by atoms with Crippen LogP contribution in [0.5, 0.6) is 11.5 Å². The fraction of sp³-hybridized carbons (Fsp3) is 0.381. The minimum atomic E-state index is 0.150. The highest BCUT2D eigenvalue weighted by Crippen LogP contribution is 2.23. The number of carbonyl (C=O) groups is 1. The summed E-state index contributed by atoms with van der Waals surface area (Å²) >= 11 is 0. The SMILES string of the molecule is CN(C(=O)CNc1ccc(Oc2ccccc2)cc1)C1CCCCC1. The molecule has 1 fully saturated rings. The summed E-state index contributed by atoms with van der Waals surface area (Å²) in [5, 5.41) is 3.21. The Bertz CT molecular complexity index is 664. The van der Waals surface area contributed by atoms with E-state index in [9.17, 15) is 4.79 Å². The summed E-state index contributed by atoms with van der Waals surface area (Å²) in [5.74, 6) is 1.74. The number of likely N-dealkylation sites (N-methyl/N-ethyl adjacent to an activating group) is 1. The number of hydrogen-bond acceptors (Lipinski definition) is 3. The van der Waals surface area contributed by atoms with Crippen LogP contribution in [0.1, 0.15) is 32.1 Å². The van der Waals surface area contributed by atoms with Crippen LogP contribution in [-0.4, -0.2) is 30.4 Å². The zero-order chi connectivity index (χ0) is 17.5. The summed E-state index contributed by atoms with van der Waals surface area (Å²) in [6, 6.07) is 17.8. The van der Waals surface area contributed by atoms with Gasteiger partial charge < -0.3 is 15.0 Å². The van der Waals surface area contributed by atoms with Crippen LogP contribution in [0, 0.1) is 0 Å². The van der Waals surface area contributed by atoms with Crippen molar-refractivity contribution >= 4 is 11.6 Å². The van der Waals surface area contributed by atoms with E-state index in [1.165, 1.54) is 19.3 Å². The highest BCUT2D eigenvalue weighted by Gasteiger charge is 2.21. The Morgan fingerprint density at radius 2 is 1.64 bits per heavy atom. The van der Waals surface area contributed by atoms with Crippen LogP contribution in [0.15, 0.2) is 54.6 Å². The number of rotatable bonds is 6. The van der Waals surface area contributed by atoms with Crippen molar-refractivity contribution in [3.05, 3.63) is 54.6 Å². The number of hydrogen-bond donors (Lipinski definition) is 1. The highest BCUT2D eigenvalue weighted by molar-refractivity contribution is 5.81. The summed E-state index contributed by atoms with van der Waals surface area (Å²) in [6.45, 7) is 0.325. The van der Waals surface area contributed by atoms with Crippen LogP contribution in [0.3, 0.4) is 0 Å². The molecule has 1 amide bonds. The van der Waals surface area contributed by atoms with E-state index in [0.29, 0.717) is 12.6 Å². The Morgan fingerprint density at radius 3 is 2.32 bits per heavy atom.